The van der Waals surface area contributed by atoms with Gasteiger partial charge < -0.3 is 4.74 Å². The lowest BCUT2D eigenvalue weighted by atomic mass is 10.0. The van der Waals surface area contributed by atoms with E-state index in [1.807, 2.05) is 45.0 Å². The molecule has 0 radical (unpaired) electrons. The number of para-hydroxylation sites is 1. The highest BCUT2D eigenvalue weighted by atomic mass is 16.5. The second kappa shape index (κ2) is 6.33. The minimum Gasteiger partial charge on any atom is -0.493 e. The number of aryl methyl sites for hydroxylation is 2. The Balaban J connectivity index is 2.38. The summed E-state index contributed by atoms with van der Waals surface area (Å²) >= 11 is 0. The highest BCUT2D eigenvalue weighted by Crippen LogP contribution is 2.22. The summed E-state index contributed by atoms with van der Waals surface area (Å²) in [7, 11) is 0. The fraction of sp³-hybridized carbons (Fsp3) is 0.294. The van der Waals surface area contributed by atoms with E-state index >= 15 is 0 Å². The lowest BCUT2D eigenvalue weighted by Crippen LogP contribution is -2.09. The number of ether oxygens (including phenoxy) is 1. The van der Waals surface area contributed by atoms with Crippen LogP contribution in [0.2, 0.25) is 0 Å². The molecule has 0 spiro atoms. The Labute approximate surface area is 119 Å². The maximum atomic E-state index is 12.6. The van der Waals surface area contributed by atoms with Gasteiger partial charge in [0.1, 0.15) is 11.4 Å². The summed E-state index contributed by atoms with van der Waals surface area (Å²) in [5, 5.41) is 0. The van der Waals surface area contributed by atoms with Crippen molar-refractivity contribution >= 4 is 5.78 Å². The first-order valence-electron chi connectivity index (χ1n) is 6.83. The van der Waals surface area contributed by atoms with Crippen LogP contribution in [0.4, 0.5) is 0 Å². The van der Waals surface area contributed by atoms with E-state index in [1.54, 1.807) is 12.3 Å². The van der Waals surface area contributed by atoms with Crippen molar-refractivity contribution < 1.29 is 9.53 Å². The van der Waals surface area contributed by atoms with Gasteiger partial charge in [0.25, 0.3) is 0 Å². The molecule has 0 bridgehead atoms. The van der Waals surface area contributed by atoms with Gasteiger partial charge in [-0.2, -0.15) is 0 Å². The third-order valence-electron chi connectivity index (χ3n) is 3.02. The molecule has 3 heteroatoms. The highest BCUT2D eigenvalue weighted by Gasteiger charge is 2.17. The average Bonchev–Trinajstić information content (AvgIpc) is 2.45. The van der Waals surface area contributed by atoms with Crippen molar-refractivity contribution in [3.8, 4) is 5.75 Å². The van der Waals surface area contributed by atoms with Crippen molar-refractivity contribution in [1.82, 2.24) is 4.98 Å². The van der Waals surface area contributed by atoms with Crippen LogP contribution in [0.3, 0.4) is 0 Å². The maximum absolute atomic E-state index is 12.6. The average molecular weight is 269 g/mol. The number of rotatable bonds is 5. The van der Waals surface area contributed by atoms with Gasteiger partial charge in [-0.05, 0) is 43.5 Å². The summed E-state index contributed by atoms with van der Waals surface area (Å²) in [5.74, 6) is 0.537. The number of pyridine rings is 1. The van der Waals surface area contributed by atoms with Gasteiger partial charge in [0.2, 0.25) is 5.78 Å². The molecular formula is C17H19NO2. The van der Waals surface area contributed by atoms with Gasteiger partial charge in [-0.15, -0.1) is 0 Å². The number of benzene rings is 1. The Morgan fingerprint density at radius 1 is 1.25 bits per heavy atom. The number of aromatic nitrogens is 1. The van der Waals surface area contributed by atoms with E-state index in [4.69, 9.17) is 4.74 Å². The van der Waals surface area contributed by atoms with Gasteiger partial charge in [0, 0.05) is 6.20 Å². The molecule has 0 N–H and O–H groups in total. The lowest BCUT2D eigenvalue weighted by Gasteiger charge is -2.11. The molecule has 20 heavy (non-hydrogen) atoms. The fourth-order valence-corrected chi connectivity index (χ4v) is 2.07. The van der Waals surface area contributed by atoms with E-state index in [0.29, 0.717) is 23.6 Å². The molecule has 3 nitrogen and oxygen atoms in total. The number of nitrogens with zero attached hydrogens (tertiary/aromatic N) is 1. The molecule has 1 aromatic heterocycles. The Bertz CT molecular complexity index is 620. The zero-order chi connectivity index (χ0) is 14.5. The predicted octanol–water partition coefficient (Wildman–Crippen LogP) is 3.72. The molecule has 1 aromatic carbocycles. The highest BCUT2D eigenvalue weighted by molar-refractivity contribution is 6.10. The molecule has 0 aliphatic carbocycles. The monoisotopic (exact) mass is 269 g/mol. The molecule has 0 saturated heterocycles. The SMILES string of the molecule is CCCOc1ccccc1C(=O)c1ncc(C)cc1C. The first-order valence-corrected chi connectivity index (χ1v) is 6.83. The van der Waals surface area contributed by atoms with Gasteiger partial charge in [-0.25, -0.2) is 0 Å². The van der Waals surface area contributed by atoms with Crippen molar-refractivity contribution in [3.63, 3.8) is 0 Å². The summed E-state index contributed by atoms with van der Waals surface area (Å²) in [6, 6.07) is 9.29. The Hall–Kier alpha value is -2.16. The second-order valence-corrected chi connectivity index (χ2v) is 4.85. The topological polar surface area (TPSA) is 39.2 Å². The van der Waals surface area contributed by atoms with E-state index < -0.39 is 0 Å². The summed E-state index contributed by atoms with van der Waals surface area (Å²) in [4.78, 5) is 16.9. The molecule has 2 aromatic rings. The third kappa shape index (κ3) is 3.05. The van der Waals surface area contributed by atoms with Crippen LogP contribution in [-0.2, 0) is 0 Å². The largest absolute Gasteiger partial charge is 0.493 e. The van der Waals surface area contributed by atoms with Crippen LogP contribution in [0.15, 0.2) is 36.5 Å². The van der Waals surface area contributed by atoms with Crippen LogP contribution in [-0.4, -0.2) is 17.4 Å². The number of hydrogen-bond acceptors (Lipinski definition) is 3. The van der Waals surface area contributed by atoms with Crippen molar-refractivity contribution in [2.75, 3.05) is 6.61 Å². The van der Waals surface area contributed by atoms with Crippen molar-refractivity contribution in [3.05, 3.63) is 58.9 Å². The summed E-state index contributed by atoms with van der Waals surface area (Å²) < 4.78 is 5.64. The fourth-order valence-electron chi connectivity index (χ4n) is 2.07. The Morgan fingerprint density at radius 2 is 2.00 bits per heavy atom. The van der Waals surface area contributed by atoms with Crippen LogP contribution in [0, 0.1) is 13.8 Å². The number of hydrogen-bond donors (Lipinski definition) is 0. The van der Waals surface area contributed by atoms with Crippen molar-refractivity contribution in [2.45, 2.75) is 27.2 Å². The zero-order valence-corrected chi connectivity index (χ0v) is 12.1. The molecule has 1 heterocycles. The molecule has 0 aliphatic heterocycles. The minimum atomic E-state index is -0.0887. The molecule has 0 amide bonds. The minimum absolute atomic E-state index is 0.0887. The van der Waals surface area contributed by atoms with E-state index in [9.17, 15) is 4.79 Å². The molecule has 0 saturated carbocycles. The third-order valence-corrected chi connectivity index (χ3v) is 3.02. The quantitative estimate of drug-likeness (QED) is 0.777. The zero-order valence-electron chi connectivity index (χ0n) is 12.1. The van der Waals surface area contributed by atoms with Gasteiger partial charge >= 0.3 is 0 Å². The molecule has 0 fully saturated rings. The van der Waals surface area contributed by atoms with Gasteiger partial charge in [-0.3, -0.25) is 9.78 Å². The normalized spacial score (nSPS) is 10.3. The van der Waals surface area contributed by atoms with Crippen molar-refractivity contribution in [2.24, 2.45) is 0 Å². The van der Waals surface area contributed by atoms with E-state index in [-0.39, 0.29) is 5.78 Å². The molecule has 2 rings (SSSR count). The summed E-state index contributed by atoms with van der Waals surface area (Å²) in [6.07, 6.45) is 2.63. The summed E-state index contributed by atoms with van der Waals surface area (Å²) in [6.45, 7) is 6.51. The number of carbonyl (C=O) groups excluding carboxylic acids is 1. The van der Waals surface area contributed by atoms with E-state index in [1.165, 1.54) is 0 Å². The molecule has 0 aliphatic rings. The predicted molar refractivity (Wildman–Crippen MR) is 79.4 cm³/mol. The van der Waals surface area contributed by atoms with E-state index in [0.717, 1.165) is 17.5 Å². The molecule has 0 atom stereocenters. The Kier molecular flexibility index (Phi) is 4.51. The second-order valence-electron chi connectivity index (χ2n) is 4.85. The standard InChI is InChI=1S/C17H19NO2/c1-4-9-20-15-8-6-5-7-14(15)17(19)16-13(3)10-12(2)11-18-16/h5-8,10-11H,4,9H2,1-3H3. The van der Waals surface area contributed by atoms with Crippen molar-refractivity contribution in [1.29, 1.82) is 0 Å². The van der Waals surface area contributed by atoms with Crippen LogP contribution in [0.1, 0.15) is 40.5 Å². The Morgan fingerprint density at radius 3 is 2.70 bits per heavy atom. The first kappa shape index (κ1) is 14.3. The van der Waals surface area contributed by atoms with Gasteiger partial charge in [-0.1, -0.05) is 25.1 Å². The smallest absolute Gasteiger partial charge is 0.215 e. The molecular weight excluding hydrogens is 250 g/mol. The summed E-state index contributed by atoms with van der Waals surface area (Å²) in [5.41, 5.74) is 3.00. The van der Waals surface area contributed by atoms with E-state index in [2.05, 4.69) is 4.98 Å². The lowest BCUT2D eigenvalue weighted by molar-refractivity contribution is 0.103. The van der Waals surface area contributed by atoms with Gasteiger partial charge in [0.05, 0.1) is 12.2 Å². The van der Waals surface area contributed by atoms with Crippen LogP contribution in [0.25, 0.3) is 0 Å². The molecule has 104 valence electrons. The van der Waals surface area contributed by atoms with Crippen LogP contribution >= 0.6 is 0 Å². The maximum Gasteiger partial charge on any atom is 0.215 e. The van der Waals surface area contributed by atoms with Gasteiger partial charge in [0.15, 0.2) is 0 Å². The molecule has 0 unspecified atom stereocenters. The van der Waals surface area contributed by atoms with Crippen LogP contribution in [0.5, 0.6) is 5.75 Å². The number of ketones is 1. The van der Waals surface area contributed by atoms with Crippen LogP contribution < -0.4 is 4.74 Å². The first-order chi connectivity index (χ1) is 9.63. The number of carbonyl (C=O) groups is 1.